The zero-order chi connectivity index (χ0) is 15.7. The second-order valence-corrected chi connectivity index (χ2v) is 7.04. The minimum atomic E-state index is -1.20. The molecule has 0 amide bonds. The lowest BCUT2D eigenvalue weighted by atomic mass is 9.73. The number of unbranched alkanes of at least 4 members (excludes halogenated alkanes) is 4. The first kappa shape index (κ1) is 18.0. The van der Waals surface area contributed by atoms with Crippen molar-refractivity contribution in [3.05, 3.63) is 0 Å². The van der Waals surface area contributed by atoms with E-state index < -0.39 is 11.4 Å². The van der Waals surface area contributed by atoms with Gasteiger partial charge in [0, 0.05) is 0 Å². The summed E-state index contributed by atoms with van der Waals surface area (Å²) in [7, 11) is 0. The summed E-state index contributed by atoms with van der Waals surface area (Å²) in [6, 6.07) is 1.99. The molecule has 0 aromatic heterocycles. The minimum absolute atomic E-state index is 0.419. The van der Waals surface area contributed by atoms with Crippen molar-refractivity contribution < 1.29 is 9.90 Å². The van der Waals surface area contributed by atoms with Crippen LogP contribution < -0.4 is 0 Å². The van der Waals surface area contributed by atoms with E-state index in [1.165, 1.54) is 51.4 Å². The van der Waals surface area contributed by atoms with Crippen molar-refractivity contribution in [1.82, 2.24) is 0 Å². The van der Waals surface area contributed by atoms with E-state index in [1.54, 1.807) is 6.92 Å². The molecule has 0 radical (unpaired) electrons. The molecule has 1 fully saturated rings. The summed E-state index contributed by atoms with van der Waals surface area (Å²) in [6.45, 7) is 3.81. The van der Waals surface area contributed by atoms with Crippen LogP contribution in [0.2, 0.25) is 0 Å². The Labute approximate surface area is 129 Å². The predicted molar refractivity (Wildman–Crippen MR) is 84.8 cm³/mol. The summed E-state index contributed by atoms with van der Waals surface area (Å²) in [6.07, 6.45) is 13.2. The third kappa shape index (κ3) is 6.08. The van der Waals surface area contributed by atoms with Gasteiger partial charge < -0.3 is 5.11 Å². The first-order valence-electron chi connectivity index (χ1n) is 8.66. The number of carboxylic acid groups (broad SMARTS) is 1. The average Bonchev–Trinajstić information content (AvgIpc) is 2.48. The Morgan fingerprint density at radius 3 is 2.24 bits per heavy atom. The maximum Gasteiger partial charge on any atom is 0.323 e. The van der Waals surface area contributed by atoms with Crippen molar-refractivity contribution in [3.8, 4) is 6.07 Å². The van der Waals surface area contributed by atoms with Crippen LogP contribution in [0, 0.1) is 28.6 Å². The molecular formula is C18H31NO2. The number of nitriles is 1. The first-order valence-corrected chi connectivity index (χ1v) is 8.66. The largest absolute Gasteiger partial charge is 0.480 e. The molecule has 1 saturated carbocycles. The summed E-state index contributed by atoms with van der Waals surface area (Å²) < 4.78 is 0. The van der Waals surface area contributed by atoms with Crippen LogP contribution in [-0.2, 0) is 4.79 Å². The molecule has 0 spiro atoms. The number of carboxylic acids is 1. The Kier molecular flexibility index (Phi) is 7.78. The maximum absolute atomic E-state index is 11.2. The van der Waals surface area contributed by atoms with Gasteiger partial charge >= 0.3 is 5.97 Å². The highest BCUT2D eigenvalue weighted by atomic mass is 16.4. The Hall–Kier alpha value is -1.04. The van der Waals surface area contributed by atoms with Crippen LogP contribution in [0.5, 0.6) is 0 Å². The van der Waals surface area contributed by atoms with Gasteiger partial charge in [-0.1, -0.05) is 71.1 Å². The molecule has 0 saturated heterocycles. The Morgan fingerprint density at radius 2 is 1.71 bits per heavy atom. The highest BCUT2D eigenvalue weighted by Gasteiger charge is 2.37. The van der Waals surface area contributed by atoms with Gasteiger partial charge in [-0.2, -0.15) is 5.26 Å². The average molecular weight is 293 g/mol. The fourth-order valence-electron chi connectivity index (χ4n) is 3.52. The van der Waals surface area contributed by atoms with Crippen LogP contribution in [0.1, 0.15) is 84.5 Å². The van der Waals surface area contributed by atoms with E-state index in [9.17, 15) is 9.90 Å². The van der Waals surface area contributed by atoms with Crippen LogP contribution in [0.4, 0.5) is 0 Å². The lowest BCUT2D eigenvalue weighted by molar-refractivity contribution is -0.145. The molecule has 0 heterocycles. The van der Waals surface area contributed by atoms with Crippen LogP contribution in [0.15, 0.2) is 0 Å². The van der Waals surface area contributed by atoms with E-state index >= 15 is 0 Å². The molecule has 0 aliphatic heterocycles. The number of carbonyl (C=O) groups is 1. The number of hydrogen-bond acceptors (Lipinski definition) is 2. The molecule has 0 aromatic carbocycles. The number of nitrogens with zero attached hydrogens (tertiary/aromatic N) is 1. The van der Waals surface area contributed by atoms with Crippen molar-refractivity contribution in [2.45, 2.75) is 84.5 Å². The molecule has 1 rings (SSSR count). The molecule has 21 heavy (non-hydrogen) atoms. The lowest BCUT2D eigenvalue weighted by Gasteiger charge is -2.31. The summed E-state index contributed by atoms with van der Waals surface area (Å²) in [5.74, 6) is 0.284. The van der Waals surface area contributed by atoms with E-state index in [0.717, 1.165) is 18.8 Å². The standard InChI is InChI=1S/C18H31NO2/c1-3-4-5-6-7-8-15-9-11-16(12-10-15)13-18(2,14-19)17(20)21/h15-16H,3-13H2,1-2H3,(H,20,21). The molecule has 1 N–H and O–H groups in total. The van der Waals surface area contributed by atoms with E-state index in [2.05, 4.69) is 6.92 Å². The van der Waals surface area contributed by atoms with E-state index in [4.69, 9.17) is 5.26 Å². The molecule has 1 unspecified atom stereocenters. The monoisotopic (exact) mass is 293 g/mol. The van der Waals surface area contributed by atoms with Gasteiger partial charge in [-0.3, -0.25) is 4.79 Å². The highest BCUT2D eigenvalue weighted by Crippen LogP contribution is 2.38. The molecule has 3 heteroatoms. The molecule has 0 bridgehead atoms. The minimum Gasteiger partial charge on any atom is -0.480 e. The molecule has 1 aliphatic carbocycles. The van der Waals surface area contributed by atoms with Gasteiger partial charge in [0.05, 0.1) is 6.07 Å². The van der Waals surface area contributed by atoms with Gasteiger partial charge in [0.2, 0.25) is 0 Å². The number of aliphatic carboxylic acids is 1. The fourth-order valence-corrected chi connectivity index (χ4v) is 3.52. The predicted octanol–water partition coefficient (Wildman–Crippen LogP) is 5.16. The first-order chi connectivity index (χ1) is 10.0. The third-order valence-corrected chi connectivity index (χ3v) is 5.10. The molecule has 120 valence electrons. The van der Waals surface area contributed by atoms with Gasteiger partial charge in [0.25, 0.3) is 0 Å². The molecule has 3 nitrogen and oxygen atoms in total. The summed E-state index contributed by atoms with van der Waals surface area (Å²) in [4.78, 5) is 11.2. The Balaban J connectivity index is 2.23. The second-order valence-electron chi connectivity index (χ2n) is 7.04. The number of hydrogen-bond donors (Lipinski definition) is 1. The lowest BCUT2D eigenvalue weighted by Crippen LogP contribution is -2.30. The van der Waals surface area contributed by atoms with Crippen molar-refractivity contribution in [2.24, 2.45) is 17.3 Å². The van der Waals surface area contributed by atoms with Crippen molar-refractivity contribution >= 4 is 5.97 Å². The van der Waals surface area contributed by atoms with Crippen LogP contribution in [-0.4, -0.2) is 11.1 Å². The normalized spacial score (nSPS) is 25.0. The fraction of sp³-hybridized carbons (Fsp3) is 0.889. The molecule has 1 atom stereocenters. The maximum atomic E-state index is 11.2. The number of rotatable bonds is 9. The van der Waals surface area contributed by atoms with E-state index in [0.29, 0.717) is 12.3 Å². The molecule has 1 aliphatic rings. The van der Waals surface area contributed by atoms with Crippen molar-refractivity contribution in [2.75, 3.05) is 0 Å². The highest BCUT2D eigenvalue weighted by molar-refractivity contribution is 5.77. The molecular weight excluding hydrogens is 262 g/mol. The van der Waals surface area contributed by atoms with E-state index in [-0.39, 0.29) is 0 Å². The van der Waals surface area contributed by atoms with Crippen LogP contribution >= 0.6 is 0 Å². The third-order valence-electron chi connectivity index (χ3n) is 5.10. The Morgan fingerprint density at radius 1 is 1.14 bits per heavy atom. The van der Waals surface area contributed by atoms with Gasteiger partial charge in [0.15, 0.2) is 5.41 Å². The summed E-state index contributed by atoms with van der Waals surface area (Å²) in [5.41, 5.74) is -1.20. The zero-order valence-electron chi connectivity index (χ0n) is 13.7. The SMILES string of the molecule is CCCCCCCC1CCC(CC(C)(C#N)C(=O)O)CC1. The van der Waals surface area contributed by atoms with Gasteiger partial charge in [0.1, 0.15) is 0 Å². The summed E-state index contributed by atoms with van der Waals surface area (Å²) >= 11 is 0. The van der Waals surface area contributed by atoms with Gasteiger partial charge in [-0.05, 0) is 25.2 Å². The van der Waals surface area contributed by atoms with Gasteiger partial charge in [-0.25, -0.2) is 0 Å². The van der Waals surface area contributed by atoms with E-state index in [1.807, 2.05) is 6.07 Å². The zero-order valence-corrected chi connectivity index (χ0v) is 13.7. The van der Waals surface area contributed by atoms with Crippen LogP contribution in [0.3, 0.4) is 0 Å². The Bertz CT molecular complexity index is 353. The van der Waals surface area contributed by atoms with Crippen LogP contribution in [0.25, 0.3) is 0 Å². The van der Waals surface area contributed by atoms with Crippen molar-refractivity contribution in [1.29, 1.82) is 5.26 Å². The topological polar surface area (TPSA) is 61.1 Å². The van der Waals surface area contributed by atoms with Crippen molar-refractivity contribution in [3.63, 3.8) is 0 Å². The smallest absolute Gasteiger partial charge is 0.323 e. The quantitative estimate of drug-likeness (QED) is 0.597. The van der Waals surface area contributed by atoms with Gasteiger partial charge in [-0.15, -0.1) is 0 Å². The second kappa shape index (κ2) is 9.07. The molecule has 0 aromatic rings. The summed E-state index contributed by atoms with van der Waals surface area (Å²) in [5, 5.41) is 18.3.